The van der Waals surface area contributed by atoms with Gasteiger partial charge in [0.05, 0.1) is 0 Å². The van der Waals surface area contributed by atoms with Gasteiger partial charge in [0, 0.05) is 33.6 Å². The Kier molecular flexibility index (Phi) is 4.96. The van der Waals surface area contributed by atoms with Crippen LogP contribution in [-0.2, 0) is 21.7 Å². The molecule has 1 aliphatic rings. The summed E-state index contributed by atoms with van der Waals surface area (Å²) < 4.78 is 0. The van der Waals surface area contributed by atoms with Gasteiger partial charge >= 0.3 is 0 Å². The van der Waals surface area contributed by atoms with Crippen molar-refractivity contribution in [3.8, 4) is 0 Å². The Balaban J connectivity index is 0.00000133. The van der Waals surface area contributed by atoms with E-state index in [1.54, 1.807) is 0 Å². The predicted molar refractivity (Wildman–Crippen MR) is 76.5 cm³/mol. The number of allylic oxidation sites excluding steroid dienone is 4. The molecule has 19 heavy (non-hydrogen) atoms. The van der Waals surface area contributed by atoms with Gasteiger partial charge in [0.15, 0.2) is 0 Å². The van der Waals surface area contributed by atoms with Gasteiger partial charge in [-0.05, 0) is 11.1 Å². The molecule has 2 aromatic carbocycles. The first-order chi connectivity index (χ1) is 8.95. The largest absolute Gasteiger partial charge is 0.0767 e. The minimum Gasteiger partial charge on any atom is -0.0767 e. The zero-order chi connectivity index (χ0) is 12.2. The van der Waals surface area contributed by atoms with E-state index in [1.807, 2.05) is 0 Å². The van der Waals surface area contributed by atoms with Crippen molar-refractivity contribution >= 4 is 0 Å². The number of hydrogen-bond donors (Lipinski definition) is 0. The zero-order valence-corrected chi connectivity index (χ0v) is 12.3. The van der Waals surface area contributed by atoms with Crippen molar-refractivity contribution in [1.29, 1.82) is 0 Å². The summed E-state index contributed by atoms with van der Waals surface area (Å²) in [5.74, 6) is 0.886. The smallest absolute Gasteiger partial charge is 0.0187 e. The molecule has 2 aromatic rings. The van der Waals surface area contributed by atoms with Gasteiger partial charge in [-0.15, -0.1) is 0 Å². The van der Waals surface area contributed by atoms with Gasteiger partial charge in [-0.1, -0.05) is 85.0 Å². The second-order valence-corrected chi connectivity index (χ2v) is 4.65. The molecule has 0 aliphatic heterocycles. The van der Waals surface area contributed by atoms with Gasteiger partial charge in [-0.25, -0.2) is 0 Å². The summed E-state index contributed by atoms with van der Waals surface area (Å²) in [5, 5.41) is 0. The van der Waals surface area contributed by atoms with E-state index in [1.165, 1.54) is 11.1 Å². The molecule has 0 atom stereocenters. The fourth-order valence-electron chi connectivity index (χ4n) is 2.63. The van der Waals surface area contributed by atoms with E-state index in [2.05, 4.69) is 85.0 Å². The molecule has 3 rings (SSSR count). The van der Waals surface area contributed by atoms with Gasteiger partial charge in [0.25, 0.3) is 0 Å². The number of benzene rings is 2. The third-order valence-corrected chi connectivity index (χ3v) is 3.48. The van der Waals surface area contributed by atoms with Crippen LogP contribution in [0.4, 0.5) is 0 Å². The van der Waals surface area contributed by atoms with E-state index in [0.29, 0.717) is 11.8 Å². The van der Waals surface area contributed by atoms with Crippen molar-refractivity contribution in [2.45, 2.75) is 5.92 Å². The molecule has 0 heterocycles. The summed E-state index contributed by atoms with van der Waals surface area (Å²) in [6.07, 6.45) is 8.85. The summed E-state index contributed by atoms with van der Waals surface area (Å²) >= 11 is 0. The molecule has 92 valence electrons. The first kappa shape index (κ1) is 14.1. The first-order valence-electron chi connectivity index (χ1n) is 6.40. The van der Waals surface area contributed by atoms with Crippen LogP contribution in [0.1, 0.15) is 17.0 Å². The van der Waals surface area contributed by atoms with Crippen molar-refractivity contribution in [1.82, 2.24) is 0 Å². The number of rotatable bonds is 3. The Hall–Kier alpha value is -1.37. The molecule has 0 bridgehead atoms. The quantitative estimate of drug-likeness (QED) is 0.723. The molecule has 0 saturated carbocycles. The molecule has 0 nitrogen and oxygen atoms in total. The third kappa shape index (κ3) is 3.15. The van der Waals surface area contributed by atoms with E-state index in [9.17, 15) is 0 Å². The van der Waals surface area contributed by atoms with Crippen LogP contribution in [0.5, 0.6) is 0 Å². The monoisotopic (exact) mass is 280 g/mol. The summed E-state index contributed by atoms with van der Waals surface area (Å²) in [4.78, 5) is 0. The maximum absolute atomic E-state index is 2.28. The van der Waals surface area contributed by atoms with Gasteiger partial charge < -0.3 is 0 Å². The Morgan fingerprint density at radius 3 is 1.47 bits per heavy atom. The van der Waals surface area contributed by atoms with Crippen LogP contribution in [0, 0.1) is 5.92 Å². The summed E-state index contributed by atoms with van der Waals surface area (Å²) in [7, 11) is 0. The molecule has 0 spiro atoms. The maximum Gasteiger partial charge on any atom is 0.0187 e. The fourth-order valence-corrected chi connectivity index (χ4v) is 2.63. The zero-order valence-electron chi connectivity index (χ0n) is 10.7. The predicted octanol–water partition coefficient (Wildman–Crippen LogP) is 4.56. The van der Waals surface area contributed by atoms with Gasteiger partial charge in [-0.2, -0.15) is 0 Å². The molecular formula is C18H16Ti. The van der Waals surface area contributed by atoms with Gasteiger partial charge in [-0.3, -0.25) is 0 Å². The molecule has 0 aromatic heterocycles. The summed E-state index contributed by atoms with van der Waals surface area (Å²) in [6.45, 7) is 0. The van der Waals surface area contributed by atoms with E-state index < -0.39 is 0 Å². The Labute approximate surface area is 129 Å². The molecular weight excluding hydrogens is 264 g/mol. The summed E-state index contributed by atoms with van der Waals surface area (Å²) in [5.41, 5.74) is 2.76. The van der Waals surface area contributed by atoms with Crippen molar-refractivity contribution in [2.24, 2.45) is 5.92 Å². The van der Waals surface area contributed by atoms with Crippen LogP contribution in [0.2, 0.25) is 0 Å². The van der Waals surface area contributed by atoms with Crippen LogP contribution in [0.15, 0.2) is 85.0 Å². The molecule has 0 radical (unpaired) electrons. The minimum absolute atomic E-state index is 0. The SMILES string of the molecule is C1=CC(C(c2ccccc2)c2ccccc2)C=C1.[Ti]. The first-order valence-corrected chi connectivity index (χ1v) is 6.40. The van der Waals surface area contributed by atoms with E-state index in [4.69, 9.17) is 0 Å². The van der Waals surface area contributed by atoms with Gasteiger partial charge in [0.2, 0.25) is 0 Å². The van der Waals surface area contributed by atoms with Crippen LogP contribution in [-0.4, -0.2) is 0 Å². The van der Waals surface area contributed by atoms with E-state index in [-0.39, 0.29) is 21.7 Å². The minimum atomic E-state index is 0. The number of hydrogen-bond acceptors (Lipinski definition) is 0. The van der Waals surface area contributed by atoms with Crippen molar-refractivity contribution in [3.05, 3.63) is 96.1 Å². The summed E-state index contributed by atoms with van der Waals surface area (Å²) in [6, 6.07) is 21.5. The standard InChI is InChI=1S/C18H16.Ti/c1-3-9-15(10-4-1)18(17-13-7-8-14-17)16-11-5-2-6-12-16;/h1-14,17-18H;. The molecule has 1 heteroatoms. The van der Waals surface area contributed by atoms with E-state index >= 15 is 0 Å². The maximum atomic E-state index is 2.28. The molecule has 1 aliphatic carbocycles. The normalized spacial score (nSPS) is 13.7. The van der Waals surface area contributed by atoms with Crippen molar-refractivity contribution < 1.29 is 21.7 Å². The fraction of sp³-hybridized carbons (Fsp3) is 0.111. The molecule has 0 amide bonds. The Bertz CT molecular complexity index is 503. The van der Waals surface area contributed by atoms with Crippen molar-refractivity contribution in [3.63, 3.8) is 0 Å². The Morgan fingerprint density at radius 1 is 0.632 bits per heavy atom. The van der Waals surface area contributed by atoms with Crippen LogP contribution in [0.25, 0.3) is 0 Å². The van der Waals surface area contributed by atoms with Gasteiger partial charge in [0.1, 0.15) is 0 Å². The molecule has 0 unspecified atom stereocenters. The van der Waals surface area contributed by atoms with Crippen molar-refractivity contribution in [2.75, 3.05) is 0 Å². The topological polar surface area (TPSA) is 0 Å². The van der Waals surface area contributed by atoms with Crippen LogP contribution in [0.3, 0.4) is 0 Å². The second-order valence-electron chi connectivity index (χ2n) is 4.65. The van der Waals surface area contributed by atoms with E-state index in [0.717, 1.165) is 0 Å². The van der Waals surface area contributed by atoms with Crippen LogP contribution < -0.4 is 0 Å². The second kappa shape index (κ2) is 6.70. The third-order valence-electron chi connectivity index (χ3n) is 3.48. The molecule has 0 N–H and O–H groups in total. The average Bonchev–Trinajstić information content (AvgIpc) is 2.95. The van der Waals surface area contributed by atoms with Crippen LogP contribution >= 0.6 is 0 Å². The Morgan fingerprint density at radius 2 is 1.05 bits per heavy atom. The molecule has 0 fully saturated rings. The average molecular weight is 280 g/mol. The molecule has 0 saturated heterocycles.